The van der Waals surface area contributed by atoms with Gasteiger partial charge in [0.1, 0.15) is 6.20 Å². The Morgan fingerprint density at radius 3 is 2.75 bits per heavy atom. The van der Waals surface area contributed by atoms with Gasteiger partial charge in [0.2, 0.25) is 0 Å². The standard InChI is InChI=1S/C11H17N3O2/c1-4-9(12-3)6-10-5-8(2)11(7-13-10)14(15)16/h5,7,9,12H,4,6H2,1-3H3. The lowest BCUT2D eigenvalue weighted by Crippen LogP contribution is -2.26. The Labute approximate surface area is 95.0 Å². The number of likely N-dealkylation sites (N-methyl/N-ethyl adjacent to an activating group) is 1. The summed E-state index contributed by atoms with van der Waals surface area (Å²) in [6.45, 7) is 3.84. The highest BCUT2D eigenvalue weighted by Crippen LogP contribution is 2.17. The van der Waals surface area contributed by atoms with Gasteiger partial charge in [0.05, 0.1) is 4.92 Å². The molecule has 1 aromatic rings. The first-order valence-corrected chi connectivity index (χ1v) is 5.35. The first kappa shape index (κ1) is 12.6. The fourth-order valence-corrected chi connectivity index (χ4v) is 1.61. The molecule has 0 aromatic carbocycles. The summed E-state index contributed by atoms with van der Waals surface area (Å²) >= 11 is 0. The van der Waals surface area contributed by atoms with Crippen LogP contribution >= 0.6 is 0 Å². The van der Waals surface area contributed by atoms with Crippen molar-refractivity contribution in [2.75, 3.05) is 7.05 Å². The maximum Gasteiger partial charge on any atom is 0.290 e. The Morgan fingerprint density at radius 2 is 2.31 bits per heavy atom. The summed E-state index contributed by atoms with van der Waals surface area (Å²) in [6, 6.07) is 2.16. The molecule has 1 aromatic heterocycles. The van der Waals surface area contributed by atoms with E-state index in [-0.39, 0.29) is 5.69 Å². The molecule has 0 radical (unpaired) electrons. The van der Waals surface area contributed by atoms with E-state index in [0.29, 0.717) is 11.6 Å². The highest BCUT2D eigenvalue weighted by molar-refractivity contribution is 5.37. The van der Waals surface area contributed by atoms with Crippen LogP contribution in [-0.2, 0) is 6.42 Å². The van der Waals surface area contributed by atoms with Crippen molar-refractivity contribution in [1.29, 1.82) is 0 Å². The molecule has 5 heteroatoms. The minimum Gasteiger partial charge on any atom is -0.317 e. The van der Waals surface area contributed by atoms with Crippen LogP contribution in [0.1, 0.15) is 24.6 Å². The quantitative estimate of drug-likeness (QED) is 0.611. The van der Waals surface area contributed by atoms with Gasteiger partial charge in [0.15, 0.2) is 0 Å². The van der Waals surface area contributed by atoms with Crippen molar-refractivity contribution in [2.24, 2.45) is 0 Å². The van der Waals surface area contributed by atoms with Gasteiger partial charge in [-0.2, -0.15) is 0 Å². The summed E-state index contributed by atoms with van der Waals surface area (Å²) in [6.07, 6.45) is 3.15. The van der Waals surface area contributed by atoms with Gasteiger partial charge in [0.25, 0.3) is 5.69 Å². The zero-order chi connectivity index (χ0) is 12.1. The third-order valence-electron chi connectivity index (χ3n) is 2.69. The molecule has 0 aliphatic carbocycles. The fourth-order valence-electron chi connectivity index (χ4n) is 1.61. The summed E-state index contributed by atoms with van der Waals surface area (Å²) in [4.78, 5) is 14.3. The molecule has 0 saturated heterocycles. The molecule has 0 amide bonds. The lowest BCUT2D eigenvalue weighted by molar-refractivity contribution is -0.385. The van der Waals surface area contributed by atoms with Crippen LogP contribution in [0.4, 0.5) is 5.69 Å². The second-order valence-corrected chi connectivity index (χ2v) is 3.82. The lowest BCUT2D eigenvalue weighted by Gasteiger charge is -2.13. The van der Waals surface area contributed by atoms with Gasteiger partial charge in [-0.25, -0.2) is 0 Å². The minimum atomic E-state index is -0.401. The maximum absolute atomic E-state index is 10.6. The zero-order valence-corrected chi connectivity index (χ0v) is 9.86. The van der Waals surface area contributed by atoms with Crippen LogP contribution in [-0.4, -0.2) is 23.0 Å². The number of aryl methyl sites for hydroxylation is 1. The number of pyridine rings is 1. The monoisotopic (exact) mass is 223 g/mol. The Kier molecular flexibility index (Phi) is 4.37. The van der Waals surface area contributed by atoms with E-state index in [1.165, 1.54) is 6.20 Å². The molecule has 0 bridgehead atoms. The second kappa shape index (κ2) is 5.55. The number of aromatic nitrogens is 1. The van der Waals surface area contributed by atoms with Gasteiger partial charge >= 0.3 is 0 Å². The summed E-state index contributed by atoms with van der Waals surface area (Å²) in [5.41, 5.74) is 1.64. The first-order chi connectivity index (χ1) is 7.58. The molecule has 5 nitrogen and oxygen atoms in total. The van der Waals surface area contributed by atoms with Crippen molar-refractivity contribution in [2.45, 2.75) is 32.7 Å². The van der Waals surface area contributed by atoms with E-state index in [4.69, 9.17) is 0 Å². The third-order valence-corrected chi connectivity index (χ3v) is 2.69. The second-order valence-electron chi connectivity index (χ2n) is 3.82. The predicted octanol–water partition coefficient (Wildman–Crippen LogP) is 1.84. The normalized spacial score (nSPS) is 12.4. The fraction of sp³-hybridized carbons (Fsp3) is 0.545. The molecule has 0 spiro atoms. The predicted molar refractivity (Wildman–Crippen MR) is 62.5 cm³/mol. The van der Waals surface area contributed by atoms with Crippen LogP contribution in [0.25, 0.3) is 0 Å². The Morgan fingerprint density at radius 1 is 1.62 bits per heavy atom. The molecule has 0 aliphatic rings. The largest absolute Gasteiger partial charge is 0.317 e. The van der Waals surface area contributed by atoms with E-state index in [2.05, 4.69) is 17.2 Å². The smallest absolute Gasteiger partial charge is 0.290 e. The number of nitrogens with one attached hydrogen (secondary N) is 1. The van der Waals surface area contributed by atoms with E-state index in [1.807, 2.05) is 7.05 Å². The van der Waals surface area contributed by atoms with E-state index in [0.717, 1.165) is 18.5 Å². The average Bonchev–Trinajstić information content (AvgIpc) is 2.25. The maximum atomic E-state index is 10.6. The molecule has 0 aliphatic heterocycles. The van der Waals surface area contributed by atoms with Crippen molar-refractivity contribution < 1.29 is 4.92 Å². The number of nitrogens with zero attached hydrogens (tertiary/aromatic N) is 2. The van der Waals surface area contributed by atoms with Crippen molar-refractivity contribution in [3.05, 3.63) is 33.6 Å². The van der Waals surface area contributed by atoms with Crippen molar-refractivity contribution in [3.63, 3.8) is 0 Å². The Hall–Kier alpha value is -1.49. The summed E-state index contributed by atoms with van der Waals surface area (Å²) in [5.74, 6) is 0. The van der Waals surface area contributed by atoms with E-state index in [9.17, 15) is 10.1 Å². The van der Waals surface area contributed by atoms with E-state index in [1.54, 1.807) is 13.0 Å². The highest BCUT2D eigenvalue weighted by Gasteiger charge is 2.13. The van der Waals surface area contributed by atoms with Crippen LogP contribution in [0, 0.1) is 17.0 Å². The summed E-state index contributed by atoms with van der Waals surface area (Å²) < 4.78 is 0. The molecular weight excluding hydrogens is 206 g/mol. The number of hydrogen-bond acceptors (Lipinski definition) is 4. The topological polar surface area (TPSA) is 68.1 Å². The molecule has 1 rings (SSSR count). The zero-order valence-electron chi connectivity index (χ0n) is 9.86. The van der Waals surface area contributed by atoms with Crippen LogP contribution in [0.2, 0.25) is 0 Å². The van der Waals surface area contributed by atoms with Crippen LogP contribution in [0.5, 0.6) is 0 Å². The molecule has 1 unspecified atom stereocenters. The van der Waals surface area contributed by atoms with E-state index < -0.39 is 4.92 Å². The average molecular weight is 223 g/mol. The summed E-state index contributed by atoms with van der Waals surface area (Å²) in [7, 11) is 1.91. The number of hydrogen-bond donors (Lipinski definition) is 1. The molecule has 0 saturated carbocycles. The lowest BCUT2D eigenvalue weighted by atomic mass is 10.1. The minimum absolute atomic E-state index is 0.0845. The molecular formula is C11H17N3O2. The molecule has 0 fully saturated rings. The highest BCUT2D eigenvalue weighted by atomic mass is 16.6. The van der Waals surface area contributed by atoms with Crippen LogP contribution in [0.15, 0.2) is 12.3 Å². The van der Waals surface area contributed by atoms with Crippen molar-refractivity contribution in [1.82, 2.24) is 10.3 Å². The Bertz CT molecular complexity index is 375. The Balaban J connectivity index is 2.84. The van der Waals surface area contributed by atoms with Gasteiger partial charge in [-0.05, 0) is 26.5 Å². The van der Waals surface area contributed by atoms with Crippen molar-refractivity contribution >= 4 is 5.69 Å². The van der Waals surface area contributed by atoms with Gasteiger partial charge < -0.3 is 5.32 Å². The van der Waals surface area contributed by atoms with Crippen molar-refractivity contribution in [3.8, 4) is 0 Å². The molecule has 16 heavy (non-hydrogen) atoms. The molecule has 88 valence electrons. The third kappa shape index (κ3) is 3.00. The van der Waals surface area contributed by atoms with Gasteiger partial charge in [-0.1, -0.05) is 6.92 Å². The van der Waals surface area contributed by atoms with Gasteiger partial charge in [-0.15, -0.1) is 0 Å². The van der Waals surface area contributed by atoms with Gasteiger partial charge in [-0.3, -0.25) is 15.1 Å². The SMILES string of the molecule is CCC(Cc1cc(C)c([N+](=O)[O-])cn1)NC. The molecule has 1 atom stereocenters. The molecule has 1 heterocycles. The first-order valence-electron chi connectivity index (χ1n) is 5.35. The molecule has 1 N–H and O–H groups in total. The van der Waals surface area contributed by atoms with Gasteiger partial charge in [0, 0.05) is 23.7 Å². The van der Waals surface area contributed by atoms with E-state index >= 15 is 0 Å². The number of rotatable bonds is 5. The summed E-state index contributed by atoms with van der Waals surface area (Å²) in [5, 5.41) is 13.8. The van der Waals surface area contributed by atoms with Crippen LogP contribution < -0.4 is 5.32 Å². The number of nitro groups is 1. The van der Waals surface area contributed by atoms with Crippen LogP contribution in [0.3, 0.4) is 0 Å².